The zero-order chi connectivity index (χ0) is 19.4. The molecule has 1 saturated heterocycles. The van der Waals surface area contributed by atoms with Crippen LogP contribution >= 0.6 is 24.0 Å². The molecule has 1 fully saturated rings. The minimum Gasteiger partial charge on any atom is -0.326 e. The number of rotatable bonds is 5. The second-order valence-electron chi connectivity index (χ2n) is 6.05. The van der Waals surface area contributed by atoms with Gasteiger partial charge in [-0.15, -0.1) is 0 Å². The number of nitrogens with one attached hydrogen (secondary N) is 1. The topological polar surface area (TPSA) is 49.4 Å². The molecular formula is C20H17FN2O2S2. The first-order valence-corrected chi connectivity index (χ1v) is 9.52. The van der Waals surface area contributed by atoms with Gasteiger partial charge >= 0.3 is 0 Å². The molecule has 0 aromatic heterocycles. The van der Waals surface area contributed by atoms with E-state index in [-0.39, 0.29) is 24.8 Å². The Labute approximate surface area is 166 Å². The number of carbonyl (C=O) groups excluding carboxylic acids is 2. The van der Waals surface area contributed by atoms with Crippen molar-refractivity contribution in [3.8, 4) is 0 Å². The van der Waals surface area contributed by atoms with Gasteiger partial charge in [-0.2, -0.15) is 0 Å². The summed E-state index contributed by atoms with van der Waals surface area (Å²) in [5.41, 5.74) is 2.44. The van der Waals surface area contributed by atoms with Crippen molar-refractivity contribution in [2.45, 2.75) is 13.3 Å². The molecule has 1 aliphatic rings. The maximum absolute atomic E-state index is 13.2. The second-order valence-corrected chi connectivity index (χ2v) is 7.73. The fourth-order valence-corrected chi connectivity index (χ4v) is 3.82. The summed E-state index contributed by atoms with van der Waals surface area (Å²) >= 11 is 6.50. The quantitative estimate of drug-likeness (QED) is 0.598. The average Bonchev–Trinajstić information content (AvgIpc) is 2.88. The Morgan fingerprint density at radius 3 is 2.70 bits per heavy atom. The molecule has 2 amide bonds. The predicted octanol–water partition coefficient (Wildman–Crippen LogP) is 4.36. The SMILES string of the molecule is Cc1ccc(/C=C2\SC(=S)N(CCC(=O)Nc3cccc(F)c3)C2=O)cc1. The molecule has 0 saturated carbocycles. The van der Waals surface area contributed by atoms with Crippen molar-refractivity contribution >= 4 is 51.9 Å². The van der Waals surface area contributed by atoms with Gasteiger partial charge in [-0.05, 0) is 36.8 Å². The molecule has 3 rings (SSSR count). The number of nitrogens with zero attached hydrogens (tertiary/aromatic N) is 1. The van der Waals surface area contributed by atoms with Gasteiger partial charge in [0.15, 0.2) is 0 Å². The van der Waals surface area contributed by atoms with Gasteiger partial charge in [-0.25, -0.2) is 4.39 Å². The van der Waals surface area contributed by atoms with Crippen LogP contribution in [0.4, 0.5) is 10.1 Å². The molecule has 1 aliphatic heterocycles. The van der Waals surface area contributed by atoms with Crippen molar-refractivity contribution in [1.29, 1.82) is 0 Å². The Kier molecular flexibility index (Phi) is 6.03. The van der Waals surface area contributed by atoms with E-state index in [1.807, 2.05) is 31.2 Å². The molecule has 1 heterocycles. The molecule has 0 bridgehead atoms. The standard InChI is InChI=1S/C20H17FN2O2S2/c1-13-5-7-14(8-6-13)11-17-19(25)23(20(26)27-17)10-9-18(24)22-16-4-2-3-15(21)12-16/h2-8,11-12H,9-10H2,1H3,(H,22,24)/b17-11-. The fourth-order valence-electron chi connectivity index (χ4n) is 2.51. The van der Waals surface area contributed by atoms with Crippen molar-refractivity contribution in [3.63, 3.8) is 0 Å². The van der Waals surface area contributed by atoms with Gasteiger partial charge in [-0.1, -0.05) is 59.9 Å². The lowest BCUT2D eigenvalue weighted by Crippen LogP contribution is -2.31. The third-order valence-electron chi connectivity index (χ3n) is 3.92. The number of hydrogen-bond acceptors (Lipinski definition) is 4. The van der Waals surface area contributed by atoms with Gasteiger partial charge in [0, 0.05) is 18.7 Å². The largest absolute Gasteiger partial charge is 0.326 e. The normalized spacial score (nSPS) is 15.5. The van der Waals surface area contributed by atoms with Crippen LogP contribution < -0.4 is 5.32 Å². The number of aryl methyl sites for hydroxylation is 1. The summed E-state index contributed by atoms with van der Waals surface area (Å²) in [6.07, 6.45) is 1.87. The van der Waals surface area contributed by atoms with Crippen LogP contribution in [0.3, 0.4) is 0 Å². The molecule has 27 heavy (non-hydrogen) atoms. The van der Waals surface area contributed by atoms with Gasteiger partial charge in [0.05, 0.1) is 4.91 Å². The van der Waals surface area contributed by atoms with E-state index in [1.165, 1.54) is 34.9 Å². The van der Waals surface area contributed by atoms with Gasteiger partial charge < -0.3 is 5.32 Å². The first-order valence-electron chi connectivity index (χ1n) is 8.30. The maximum atomic E-state index is 13.2. The molecule has 0 radical (unpaired) electrons. The summed E-state index contributed by atoms with van der Waals surface area (Å²) in [4.78, 5) is 26.6. The van der Waals surface area contributed by atoms with Crippen molar-refractivity contribution in [3.05, 3.63) is 70.4 Å². The van der Waals surface area contributed by atoms with E-state index >= 15 is 0 Å². The van der Waals surface area contributed by atoms with E-state index in [0.29, 0.717) is 14.9 Å². The molecule has 4 nitrogen and oxygen atoms in total. The number of amides is 2. The number of thioether (sulfide) groups is 1. The summed E-state index contributed by atoms with van der Waals surface area (Å²) in [6, 6.07) is 13.5. The van der Waals surface area contributed by atoms with E-state index in [1.54, 1.807) is 12.1 Å². The average molecular weight is 401 g/mol. The molecule has 138 valence electrons. The van der Waals surface area contributed by atoms with E-state index in [0.717, 1.165) is 11.1 Å². The molecule has 0 aliphatic carbocycles. The summed E-state index contributed by atoms with van der Waals surface area (Å²) in [6.45, 7) is 2.18. The van der Waals surface area contributed by atoms with Gasteiger partial charge in [0.1, 0.15) is 10.1 Å². The van der Waals surface area contributed by atoms with Crippen molar-refractivity contribution in [1.82, 2.24) is 4.90 Å². The molecule has 2 aromatic rings. The van der Waals surface area contributed by atoms with Crippen LogP contribution in [0.1, 0.15) is 17.5 Å². The first kappa shape index (κ1) is 19.3. The number of carbonyl (C=O) groups is 2. The highest BCUT2D eigenvalue weighted by Gasteiger charge is 2.32. The summed E-state index contributed by atoms with van der Waals surface area (Å²) < 4.78 is 13.6. The Hall–Kier alpha value is -2.51. The number of thiocarbonyl (C=S) groups is 1. The molecule has 0 spiro atoms. The van der Waals surface area contributed by atoms with Crippen molar-refractivity contribution < 1.29 is 14.0 Å². The molecule has 1 N–H and O–H groups in total. The predicted molar refractivity (Wildman–Crippen MR) is 111 cm³/mol. The van der Waals surface area contributed by atoms with Crippen molar-refractivity contribution in [2.75, 3.05) is 11.9 Å². The van der Waals surface area contributed by atoms with E-state index < -0.39 is 5.82 Å². The minimum absolute atomic E-state index is 0.0702. The molecular weight excluding hydrogens is 383 g/mol. The number of benzene rings is 2. The minimum atomic E-state index is -0.425. The highest BCUT2D eigenvalue weighted by molar-refractivity contribution is 8.26. The Morgan fingerprint density at radius 1 is 1.26 bits per heavy atom. The zero-order valence-corrected chi connectivity index (χ0v) is 16.2. The van der Waals surface area contributed by atoms with Crippen LogP contribution in [0.25, 0.3) is 6.08 Å². The second kappa shape index (κ2) is 8.45. The van der Waals surface area contributed by atoms with Gasteiger partial charge in [0.2, 0.25) is 5.91 Å². The fraction of sp³-hybridized carbons (Fsp3) is 0.150. The van der Waals surface area contributed by atoms with Gasteiger partial charge in [-0.3, -0.25) is 14.5 Å². The smallest absolute Gasteiger partial charge is 0.266 e. The lowest BCUT2D eigenvalue weighted by molar-refractivity contribution is -0.122. The monoisotopic (exact) mass is 400 g/mol. The lowest BCUT2D eigenvalue weighted by atomic mass is 10.1. The lowest BCUT2D eigenvalue weighted by Gasteiger charge is -2.14. The third kappa shape index (κ3) is 5.02. The highest BCUT2D eigenvalue weighted by atomic mass is 32.2. The molecule has 2 aromatic carbocycles. The van der Waals surface area contributed by atoms with Crippen molar-refractivity contribution in [2.24, 2.45) is 0 Å². The Balaban J connectivity index is 1.60. The summed E-state index contributed by atoms with van der Waals surface area (Å²) in [5.74, 6) is -0.938. The van der Waals surface area contributed by atoms with Crippen LogP contribution in [0, 0.1) is 12.7 Å². The number of hydrogen-bond donors (Lipinski definition) is 1. The maximum Gasteiger partial charge on any atom is 0.266 e. The van der Waals surface area contributed by atoms with E-state index in [2.05, 4.69) is 5.32 Å². The van der Waals surface area contributed by atoms with Crippen LogP contribution in [-0.2, 0) is 9.59 Å². The molecule has 0 atom stereocenters. The van der Waals surface area contributed by atoms with E-state index in [9.17, 15) is 14.0 Å². The van der Waals surface area contributed by atoms with Crippen LogP contribution in [-0.4, -0.2) is 27.6 Å². The van der Waals surface area contributed by atoms with Crippen LogP contribution in [0.2, 0.25) is 0 Å². The Bertz CT molecular complexity index is 926. The van der Waals surface area contributed by atoms with Gasteiger partial charge in [0.25, 0.3) is 5.91 Å². The number of anilines is 1. The van der Waals surface area contributed by atoms with E-state index in [4.69, 9.17) is 12.2 Å². The van der Waals surface area contributed by atoms with Crippen LogP contribution in [0.15, 0.2) is 53.4 Å². The highest BCUT2D eigenvalue weighted by Crippen LogP contribution is 2.32. The molecule has 0 unspecified atom stereocenters. The first-order chi connectivity index (χ1) is 12.9. The third-order valence-corrected chi connectivity index (χ3v) is 5.30. The summed E-state index contributed by atoms with van der Waals surface area (Å²) in [7, 11) is 0. The number of halogens is 1. The zero-order valence-electron chi connectivity index (χ0n) is 14.6. The van der Waals surface area contributed by atoms with Crippen LogP contribution in [0.5, 0.6) is 0 Å². The Morgan fingerprint density at radius 2 is 2.00 bits per heavy atom. The summed E-state index contributed by atoms with van der Waals surface area (Å²) in [5, 5.41) is 2.61. The molecule has 7 heteroatoms.